The van der Waals surface area contributed by atoms with E-state index < -0.39 is 6.04 Å². The van der Waals surface area contributed by atoms with Gasteiger partial charge < -0.3 is 10.1 Å². The van der Waals surface area contributed by atoms with Crippen LogP contribution in [0.3, 0.4) is 0 Å². The number of nitrogens with zero attached hydrogens (tertiary/aromatic N) is 4. The molecule has 7 heteroatoms. The number of hydrogen-bond acceptors (Lipinski definition) is 4. The second-order valence-corrected chi connectivity index (χ2v) is 5.94. The van der Waals surface area contributed by atoms with Gasteiger partial charge in [-0.2, -0.15) is 10.2 Å². The van der Waals surface area contributed by atoms with Crippen LogP contribution in [0.25, 0.3) is 0 Å². The average Bonchev–Trinajstić information content (AvgIpc) is 3.23. The van der Waals surface area contributed by atoms with E-state index in [1.54, 1.807) is 35.1 Å². The lowest BCUT2D eigenvalue weighted by Gasteiger charge is -2.11. The maximum absolute atomic E-state index is 12.3. The Morgan fingerprint density at radius 3 is 2.84 bits per heavy atom. The van der Waals surface area contributed by atoms with Crippen molar-refractivity contribution in [3.63, 3.8) is 0 Å². The predicted molar refractivity (Wildman–Crippen MR) is 94.6 cm³/mol. The molecule has 3 rings (SSSR count). The van der Waals surface area contributed by atoms with Gasteiger partial charge in [0.05, 0.1) is 31.7 Å². The van der Waals surface area contributed by atoms with Gasteiger partial charge in [-0.05, 0) is 37.1 Å². The zero-order chi connectivity index (χ0) is 17.8. The summed E-state index contributed by atoms with van der Waals surface area (Å²) in [5.41, 5.74) is 2.75. The predicted octanol–water partition coefficient (Wildman–Crippen LogP) is 2.64. The number of rotatable bonds is 6. The second kappa shape index (κ2) is 7.21. The van der Waals surface area contributed by atoms with E-state index in [2.05, 4.69) is 15.5 Å². The van der Waals surface area contributed by atoms with Crippen molar-refractivity contribution in [1.29, 1.82) is 0 Å². The molecular formula is C18H21N5O2. The van der Waals surface area contributed by atoms with Crippen molar-refractivity contribution in [3.8, 4) is 5.75 Å². The molecule has 7 nitrogen and oxygen atoms in total. The van der Waals surface area contributed by atoms with Crippen LogP contribution < -0.4 is 10.1 Å². The largest absolute Gasteiger partial charge is 0.497 e. The van der Waals surface area contributed by atoms with Crippen LogP contribution in [-0.4, -0.2) is 32.6 Å². The molecule has 0 bridgehead atoms. The summed E-state index contributed by atoms with van der Waals surface area (Å²) in [6.45, 7) is 4.35. The molecule has 1 N–H and O–H groups in total. The topological polar surface area (TPSA) is 74.0 Å². The van der Waals surface area contributed by atoms with Crippen molar-refractivity contribution >= 4 is 11.6 Å². The summed E-state index contributed by atoms with van der Waals surface area (Å²) < 4.78 is 8.64. The number of hydrogen-bond donors (Lipinski definition) is 1. The van der Waals surface area contributed by atoms with E-state index in [4.69, 9.17) is 4.74 Å². The minimum Gasteiger partial charge on any atom is -0.497 e. The summed E-state index contributed by atoms with van der Waals surface area (Å²) in [5.74, 6) is 0.672. The standard InChI is InChI=1S/C18H21N5O2/c1-13-8-20-23(10-13)14(2)18(24)21-16-9-19-22(12-16)11-15-5-4-6-17(7-15)25-3/h4-10,12,14H,11H2,1-3H3,(H,21,24). The molecule has 0 spiro atoms. The first kappa shape index (κ1) is 16.8. The summed E-state index contributed by atoms with van der Waals surface area (Å²) in [5, 5.41) is 11.3. The number of nitrogens with one attached hydrogen (secondary N) is 1. The lowest BCUT2D eigenvalue weighted by atomic mass is 10.2. The van der Waals surface area contributed by atoms with E-state index in [-0.39, 0.29) is 5.91 Å². The third-order valence-corrected chi connectivity index (χ3v) is 3.89. The molecule has 2 aromatic heterocycles. The van der Waals surface area contributed by atoms with Crippen LogP contribution in [0, 0.1) is 6.92 Å². The van der Waals surface area contributed by atoms with Crippen LogP contribution in [0.1, 0.15) is 24.1 Å². The third kappa shape index (κ3) is 4.06. The molecule has 1 aromatic carbocycles. The Hall–Kier alpha value is -3.09. The Labute approximate surface area is 146 Å². The van der Waals surface area contributed by atoms with Crippen molar-refractivity contribution in [2.24, 2.45) is 0 Å². The quantitative estimate of drug-likeness (QED) is 0.749. The van der Waals surface area contributed by atoms with Crippen LogP contribution >= 0.6 is 0 Å². The Kier molecular flexibility index (Phi) is 4.83. The zero-order valence-corrected chi connectivity index (χ0v) is 14.5. The molecule has 0 saturated heterocycles. The van der Waals surface area contributed by atoms with Gasteiger partial charge in [-0.25, -0.2) is 0 Å². The first-order chi connectivity index (χ1) is 12.0. The molecule has 1 unspecified atom stereocenters. The van der Waals surface area contributed by atoms with Crippen molar-refractivity contribution in [3.05, 3.63) is 60.2 Å². The highest BCUT2D eigenvalue weighted by atomic mass is 16.5. The number of aryl methyl sites for hydroxylation is 1. The first-order valence-corrected chi connectivity index (χ1v) is 8.02. The minimum absolute atomic E-state index is 0.135. The number of anilines is 1. The van der Waals surface area contributed by atoms with E-state index in [0.717, 1.165) is 16.9 Å². The van der Waals surface area contributed by atoms with E-state index in [1.807, 2.05) is 44.3 Å². The van der Waals surface area contributed by atoms with Crippen LogP contribution in [0.15, 0.2) is 49.1 Å². The molecule has 130 valence electrons. The van der Waals surface area contributed by atoms with E-state index >= 15 is 0 Å². The van der Waals surface area contributed by atoms with Crippen molar-refractivity contribution in [2.45, 2.75) is 26.4 Å². The van der Waals surface area contributed by atoms with Gasteiger partial charge in [-0.15, -0.1) is 0 Å². The molecule has 0 radical (unpaired) electrons. The SMILES string of the molecule is COc1cccc(Cn2cc(NC(=O)C(C)n3cc(C)cn3)cn2)c1. The van der Waals surface area contributed by atoms with Gasteiger partial charge in [0, 0.05) is 12.4 Å². The van der Waals surface area contributed by atoms with Gasteiger partial charge in [0.25, 0.3) is 0 Å². The molecule has 2 heterocycles. The number of methoxy groups -OCH3 is 1. The number of carbonyl (C=O) groups is 1. The van der Waals surface area contributed by atoms with E-state index in [1.165, 1.54) is 0 Å². The lowest BCUT2D eigenvalue weighted by molar-refractivity contribution is -0.119. The van der Waals surface area contributed by atoms with Gasteiger partial charge >= 0.3 is 0 Å². The van der Waals surface area contributed by atoms with Crippen LogP contribution in [-0.2, 0) is 11.3 Å². The number of carbonyl (C=O) groups excluding carboxylic acids is 1. The molecule has 0 aliphatic heterocycles. The van der Waals surface area contributed by atoms with Gasteiger partial charge in [0.1, 0.15) is 11.8 Å². The maximum atomic E-state index is 12.3. The van der Waals surface area contributed by atoms with Gasteiger partial charge in [0.2, 0.25) is 5.91 Å². The molecular weight excluding hydrogens is 318 g/mol. The highest BCUT2D eigenvalue weighted by molar-refractivity contribution is 5.93. The molecule has 3 aromatic rings. The number of benzene rings is 1. The average molecular weight is 339 g/mol. The van der Waals surface area contributed by atoms with E-state index in [0.29, 0.717) is 12.2 Å². The Morgan fingerprint density at radius 1 is 1.28 bits per heavy atom. The van der Waals surface area contributed by atoms with Gasteiger partial charge in [0.15, 0.2) is 0 Å². The first-order valence-electron chi connectivity index (χ1n) is 8.02. The van der Waals surface area contributed by atoms with E-state index in [9.17, 15) is 4.79 Å². The molecule has 1 amide bonds. The fraction of sp³-hybridized carbons (Fsp3) is 0.278. The summed E-state index contributed by atoms with van der Waals surface area (Å²) >= 11 is 0. The smallest absolute Gasteiger partial charge is 0.249 e. The molecule has 0 aliphatic rings. The summed E-state index contributed by atoms with van der Waals surface area (Å²) in [4.78, 5) is 12.3. The summed E-state index contributed by atoms with van der Waals surface area (Å²) in [6, 6.07) is 7.41. The summed E-state index contributed by atoms with van der Waals surface area (Å²) in [6.07, 6.45) is 7.02. The normalized spacial score (nSPS) is 12.0. The van der Waals surface area contributed by atoms with Crippen LogP contribution in [0.2, 0.25) is 0 Å². The number of amides is 1. The molecule has 25 heavy (non-hydrogen) atoms. The minimum atomic E-state index is -0.393. The van der Waals surface area contributed by atoms with Crippen molar-refractivity contribution in [2.75, 3.05) is 12.4 Å². The third-order valence-electron chi connectivity index (χ3n) is 3.89. The molecule has 1 atom stereocenters. The van der Waals surface area contributed by atoms with Gasteiger partial charge in [-0.1, -0.05) is 12.1 Å². The molecule has 0 saturated carbocycles. The fourth-order valence-corrected chi connectivity index (χ4v) is 2.48. The Balaban J connectivity index is 1.64. The molecule has 0 aliphatic carbocycles. The van der Waals surface area contributed by atoms with Gasteiger partial charge in [-0.3, -0.25) is 14.2 Å². The molecule has 0 fully saturated rings. The highest BCUT2D eigenvalue weighted by Gasteiger charge is 2.16. The van der Waals surface area contributed by atoms with Crippen LogP contribution in [0.5, 0.6) is 5.75 Å². The van der Waals surface area contributed by atoms with Crippen LogP contribution in [0.4, 0.5) is 5.69 Å². The maximum Gasteiger partial charge on any atom is 0.249 e. The van der Waals surface area contributed by atoms with Crippen molar-refractivity contribution in [1.82, 2.24) is 19.6 Å². The zero-order valence-electron chi connectivity index (χ0n) is 14.5. The lowest BCUT2D eigenvalue weighted by Crippen LogP contribution is -2.23. The Morgan fingerprint density at radius 2 is 2.12 bits per heavy atom. The second-order valence-electron chi connectivity index (χ2n) is 5.94. The highest BCUT2D eigenvalue weighted by Crippen LogP contribution is 2.15. The number of aromatic nitrogens is 4. The van der Waals surface area contributed by atoms with Crippen molar-refractivity contribution < 1.29 is 9.53 Å². The fourth-order valence-electron chi connectivity index (χ4n) is 2.48. The Bertz CT molecular complexity index is 868. The monoisotopic (exact) mass is 339 g/mol. The number of ether oxygens (including phenoxy) is 1. The summed E-state index contributed by atoms with van der Waals surface area (Å²) in [7, 11) is 1.64.